The molecule has 32 heavy (non-hydrogen) atoms. The van der Waals surface area contributed by atoms with Crippen molar-refractivity contribution in [3.05, 3.63) is 59.3 Å². The van der Waals surface area contributed by atoms with Crippen LogP contribution in [0.3, 0.4) is 0 Å². The number of benzene rings is 1. The number of nitrogens with one attached hydrogen (secondary N) is 2. The Morgan fingerprint density at radius 1 is 0.875 bits per heavy atom. The maximum absolute atomic E-state index is 13.2. The van der Waals surface area contributed by atoms with Crippen LogP contribution in [0.2, 0.25) is 0 Å². The molecule has 3 aromatic rings. The summed E-state index contributed by atoms with van der Waals surface area (Å²) in [6, 6.07) is 12.2. The summed E-state index contributed by atoms with van der Waals surface area (Å²) in [4.78, 5) is 17.1. The fourth-order valence-corrected chi connectivity index (χ4v) is 4.10. The molecule has 2 aliphatic rings. The molecule has 1 saturated carbocycles. The first-order valence-electron chi connectivity index (χ1n) is 10.8. The van der Waals surface area contributed by atoms with Gasteiger partial charge in [0.15, 0.2) is 5.82 Å². The van der Waals surface area contributed by atoms with Crippen molar-refractivity contribution in [2.75, 3.05) is 10.6 Å². The van der Waals surface area contributed by atoms with Gasteiger partial charge in [0.1, 0.15) is 11.4 Å². The van der Waals surface area contributed by atoms with Gasteiger partial charge in [0.05, 0.1) is 0 Å². The van der Waals surface area contributed by atoms with Crippen LogP contribution in [-0.2, 0) is 19.0 Å². The highest BCUT2D eigenvalue weighted by atomic mass is 19.4. The molecule has 0 saturated heterocycles. The largest absolute Gasteiger partial charge is 0.433 e. The summed E-state index contributed by atoms with van der Waals surface area (Å²) in [7, 11) is 0. The van der Waals surface area contributed by atoms with E-state index in [0.717, 1.165) is 31.7 Å². The number of fused-ring (bicyclic) bond motifs is 1. The van der Waals surface area contributed by atoms with Crippen LogP contribution in [0, 0.1) is 5.92 Å². The normalized spacial score (nSPS) is 17.1. The number of aromatic nitrogens is 4. The van der Waals surface area contributed by atoms with E-state index < -0.39 is 11.9 Å². The van der Waals surface area contributed by atoms with Crippen LogP contribution in [0.1, 0.15) is 36.6 Å². The van der Waals surface area contributed by atoms with Crippen LogP contribution in [0.4, 0.5) is 25.1 Å². The van der Waals surface area contributed by atoms with Gasteiger partial charge in [0.25, 0.3) is 0 Å². The molecule has 1 fully saturated rings. The summed E-state index contributed by atoms with van der Waals surface area (Å²) >= 11 is 0. The summed E-state index contributed by atoms with van der Waals surface area (Å²) in [6.45, 7) is 2.06. The Kier molecular flexibility index (Phi) is 5.19. The Balaban J connectivity index is 1.45. The van der Waals surface area contributed by atoms with Crippen LogP contribution in [0.5, 0.6) is 0 Å². The minimum absolute atomic E-state index is 0.0575. The third-order valence-corrected chi connectivity index (χ3v) is 5.97. The topological polar surface area (TPSA) is 75.6 Å². The van der Waals surface area contributed by atoms with Gasteiger partial charge < -0.3 is 10.6 Å². The predicted octanol–water partition coefficient (Wildman–Crippen LogP) is 4.74. The van der Waals surface area contributed by atoms with Gasteiger partial charge in [0.2, 0.25) is 11.9 Å². The molecule has 5 rings (SSSR count). The van der Waals surface area contributed by atoms with Crippen molar-refractivity contribution in [3.63, 3.8) is 0 Å². The summed E-state index contributed by atoms with van der Waals surface area (Å²) in [5.74, 6) is 1.33. The molecule has 2 aliphatic carbocycles. The molecule has 2 N–H and O–H groups in total. The van der Waals surface area contributed by atoms with Crippen LogP contribution in [0.25, 0.3) is 11.5 Å². The number of rotatable bonds is 6. The number of pyridine rings is 1. The number of hydrogen-bond acceptors (Lipinski definition) is 6. The van der Waals surface area contributed by atoms with Crippen molar-refractivity contribution < 1.29 is 13.2 Å². The molecule has 0 radical (unpaired) electrons. The molecule has 1 atom stereocenters. The highest BCUT2D eigenvalue weighted by Crippen LogP contribution is 2.34. The van der Waals surface area contributed by atoms with Gasteiger partial charge in [-0.2, -0.15) is 28.1 Å². The molecule has 2 aromatic heterocycles. The Hall–Kier alpha value is -3.23. The lowest BCUT2D eigenvalue weighted by molar-refractivity contribution is -0.141. The highest BCUT2D eigenvalue weighted by Gasteiger charge is 2.33. The molecular formula is C23H23F3N6. The maximum atomic E-state index is 13.2. The first kappa shape index (κ1) is 20.7. The zero-order valence-corrected chi connectivity index (χ0v) is 17.5. The van der Waals surface area contributed by atoms with Crippen molar-refractivity contribution in [2.45, 2.75) is 50.9 Å². The molecule has 0 spiro atoms. The van der Waals surface area contributed by atoms with Crippen LogP contribution >= 0.6 is 0 Å². The standard InChI is InChI=1S/C23H23F3N6/c1-13(14-9-10-14)27-21-30-20(18-7-4-8-19(29-18)23(24,25)26)31-22(32-21)28-17-11-15-5-2-3-6-16(15)12-17/h2-8,13-14,17H,9-12H2,1H3,(H2,27,28,30,31,32). The van der Waals surface area contributed by atoms with Crippen molar-refractivity contribution >= 4 is 11.9 Å². The molecule has 0 aliphatic heterocycles. The number of alkyl halides is 3. The Bertz CT molecular complexity index is 1100. The van der Waals surface area contributed by atoms with Crippen molar-refractivity contribution in [1.29, 1.82) is 0 Å². The summed E-state index contributed by atoms with van der Waals surface area (Å²) < 4.78 is 39.5. The second-order valence-corrected chi connectivity index (χ2v) is 8.50. The zero-order valence-electron chi connectivity index (χ0n) is 17.5. The first-order chi connectivity index (χ1) is 15.3. The lowest BCUT2D eigenvalue weighted by Crippen LogP contribution is -2.24. The van der Waals surface area contributed by atoms with Gasteiger partial charge >= 0.3 is 6.18 Å². The molecule has 2 heterocycles. The molecular weight excluding hydrogens is 417 g/mol. The first-order valence-corrected chi connectivity index (χ1v) is 10.8. The lowest BCUT2D eigenvalue weighted by Gasteiger charge is -2.17. The predicted molar refractivity (Wildman–Crippen MR) is 115 cm³/mol. The van der Waals surface area contributed by atoms with Crippen LogP contribution in [0.15, 0.2) is 42.5 Å². The minimum atomic E-state index is -4.54. The molecule has 6 nitrogen and oxygen atoms in total. The second kappa shape index (κ2) is 8.03. The van der Waals surface area contributed by atoms with E-state index in [1.54, 1.807) is 0 Å². The third-order valence-electron chi connectivity index (χ3n) is 5.97. The zero-order chi connectivity index (χ0) is 22.3. The minimum Gasteiger partial charge on any atom is -0.351 e. The number of anilines is 2. The van der Waals surface area contributed by atoms with Crippen molar-refractivity contribution in [2.24, 2.45) is 5.92 Å². The van der Waals surface area contributed by atoms with Gasteiger partial charge in [-0.3, -0.25) is 0 Å². The van der Waals surface area contributed by atoms with Gasteiger partial charge in [-0.05, 0) is 61.8 Å². The van der Waals surface area contributed by atoms with E-state index in [4.69, 9.17) is 0 Å². The molecule has 0 bridgehead atoms. The monoisotopic (exact) mass is 440 g/mol. The number of halogens is 3. The average molecular weight is 440 g/mol. The van der Waals surface area contributed by atoms with Crippen molar-refractivity contribution in [3.8, 4) is 11.5 Å². The number of nitrogens with zero attached hydrogens (tertiary/aromatic N) is 4. The third kappa shape index (κ3) is 4.51. The van der Waals surface area contributed by atoms with E-state index in [1.165, 1.54) is 23.3 Å². The maximum Gasteiger partial charge on any atom is 0.433 e. The molecule has 1 aromatic carbocycles. The average Bonchev–Trinajstić information content (AvgIpc) is 3.53. The van der Waals surface area contributed by atoms with E-state index in [1.807, 2.05) is 12.1 Å². The van der Waals surface area contributed by atoms with Crippen molar-refractivity contribution in [1.82, 2.24) is 19.9 Å². The molecule has 0 amide bonds. The van der Waals surface area contributed by atoms with E-state index in [0.29, 0.717) is 17.8 Å². The van der Waals surface area contributed by atoms with E-state index in [-0.39, 0.29) is 23.6 Å². The molecule has 1 unspecified atom stereocenters. The van der Waals surface area contributed by atoms with Gasteiger partial charge in [-0.25, -0.2) is 4.98 Å². The van der Waals surface area contributed by atoms with Crippen LogP contribution < -0.4 is 10.6 Å². The number of hydrogen-bond donors (Lipinski definition) is 2. The smallest absolute Gasteiger partial charge is 0.351 e. The fraction of sp³-hybridized carbons (Fsp3) is 0.391. The van der Waals surface area contributed by atoms with E-state index >= 15 is 0 Å². The second-order valence-electron chi connectivity index (χ2n) is 8.50. The summed E-state index contributed by atoms with van der Waals surface area (Å²) in [6.07, 6.45) is -0.582. The van der Waals surface area contributed by atoms with E-state index in [9.17, 15) is 13.2 Å². The lowest BCUT2D eigenvalue weighted by atomic mass is 10.1. The van der Waals surface area contributed by atoms with Gasteiger partial charge in [-0.15, -0.1) is 0 Å². The highest BCUT2D eigenvalue weighted by molar-refractivity contribution is 5.54. The van der Waals surface area contributed by atoms with Gasteiger partial charge in [0, 0.05) is 12.1 Å². The SMILES string of the molecule is CC(Nc1nc(NC2Cc3ccccc3C2)nc(-c2cccc(C(F)(F)F)n2)n1)C1CC1. The van der Waals surface area contributed by atoms with E-state index in [2.05, 4.69) is 49.6 Å². The Morgan fingerprint density at radius 3 is 2.22 bits per heavy atom. The van der Waals surface area contributed by atoms with Crippen LogP contribution in [-0.4, -0.2) is 32.0 Å². The fourth-order valence-electron chi connectivity index (χ4n) is 4.10. The van der Waals surface area contributed by atoms with Gasteiger partial charge in [-0.1, -0.05) is 30.3 Å². The Morgan fingerprint density at radius 2 is 1.56 bits per heavy atom. The Labute approximate surface area is 183 Å². The molecule has 166 valence electrons. The molecule has 9 heteroatoms. The summed E-state index contributed by atoms with van der Waals surface area (Å²) in [5.41, 5.74) is 1.64. The summed E-state index contributed by atoms with van der Waals surface area (Å²) in [5, 5.41) is 6.64. The quantitative estimate of drug-likeness (QED) is 0.577.